The number of carbonyl (C=O) groups excluding carboxylic acids is 2. The first-order valence-electron chi connectivity index (χ1n) is 9.54. The molecular formula is C24H16ClFN2O2. The van der Waals surface area contributed by atoms with E-state index in [-0.39, 0.29) is 11.3 Å². The second-order valence-corrected chi connectivity index (χ2v) is 7.62. The molecule has 0 aliphatic carbocycles. The van der Waals surface area contributed by atoms with Crippen LogP contribution in [-0.2, 0) is 16.0 Å². The molecule has 2 aliphatic heterocycles. The summed E-state index contributed by atoms with van der Waals surface area (Å²) in [6.07, 6.45) is 0.773. The highest BCUT2D eigenvalue weighted by Gasteiger charge is 2.44. The molecule has 0 N–H and O–H groups in total. The third-order valence-corrected chi connectivity index (χ3v) is 5.67. The Bertz CT molecular complexity index is 1220. The lowest BCUT2D eigenvalue weighted by molar-refractivity contribution is -0.120. The van der Waals surface area contributed by atoms with E-state index < -0.39 is 17.6 Å². The van der Waals surface area contributed by atoms with Crippen LogP contribution in [0.15, 0.2) is 78.5 Å². The molecule has 0 saturated carbocycles. The third kappa shape index (κ3) is 2.90. The number of hydrogen-bond acceptors (Lipinski definition) is 3. The van der Waals surface area contributed by atoms with Gasteiger partial charge in [-0.25, -0.2) is 9.29 Å². The first kappa shape index (κ1) is 18.6. The SMILES string of the molecule is O=C1C(c2ccc(Cl)cc2)=C(N2CCc3ccccc32)C(=O)N1c1cccc(F)c1. The van der Waals surface area contributed by atoms with Crippen molar-refractivity contribution in [1.29, 1.82) is 0 Å². The molecule has 0 unspecified atom stereocenters. The van der Waals surface area contributed by atoms with Gasteiger partial charge in [0.25, 0.3) is 11.8 Å². The second-order valence-electron chi connectivity index (χ2n) is 7.19. The minimum absolute atomic E-state index is 0.207. The lowest BCUT2D eigenvalue weighted by Gasteiger charge is -2.21. The van der Waals surface area contributed by atoms with Crippen molar-refractivity contribution < 1.29 is 14.0 Å². The van der Waals surface area contributed by atoms with Gasteiger partial charge in [0, 0.05) is 17.3 Å². The highest BCUT2D eigenvalue weighted by Crippen LogP contribution is 2.40. The van der Waals surface area contributed by atoms with Gasteiger partial charge in [0.1, 0.15) is 11.5 Å². The molecule has 5 rings (SSSR count). The van der Waals surface area contributed by atoms with Crippen molar-refractivity contribution in [1.82, 2.24) is 0 Å². The molecule has 3 aromatic rings. The molecule has 2 heterocycles. The summed E-state index contributed by atoms with van der Waals surface area (Å²) in [5.74, 6) is -1.46. The quantitative estimate of drug-likeness (QED) is 0.572. The number of anilines is 2. The first-order chi connectivity index (χ1) is 14.5. The van der Waals surface area contributed by atoms with E-state index in [9.17, 15) is 14.0 Å². The summed E-state index contributed by atoms with van der Waals surface area (Å²) in [6.45, 7) is 0.585. The topological polar surface area (TPSA) is 40.6 Å². The second kappa shape index (κ2) is 7.11. The molecule has 2 aliphatic rings. The van der Waals surface area contributed by atoms with Gasteiger partial charge < -0.3 is 4.90 Å². The molecule has 2 amide bonds. The Morgan fingerprint density at radius 2 is 1.63 bits per heavy atom. The average molecular weight is 419 g/mol. The lowest BCUT2D eigenvalue weighted by atomic mass is 10.0. The molecule has 0 saturated heterocycles. The zero-order chi connectivity index (χ0) is 20.8. The lowest BCUT2D eigenvalue weighted by Crippen LogP contribution is -2.34. The van der Waals surface area contributed by atoms with Crippen LogP contribution in [0.2, 0.25) is 5.02 Å². The predicted octanol–water partition coefficient (Wildman–Crippen LogP) is 4.83. The number of imide groups is 1. The number of para-hydroxylation sites is 1. The number of fused-ring (bicyclic) bond motifs is 1. The fourth-order valence-electron chi connectivity index (χ4n) is 4.07. The maximum absolute atomic E-state index is 13.8. The number of hydrogen-bond donors (Lipinski definition) is 0. The van der Waals surface area contributed by atoms with Crippen LogP contribution in [0.1, 0.15) is 11.1 Å². The van der Waals surface area contributed by atoms with E-state index in [0.717, 1.165) is 22.6 Å². The molecule has 0 spiro atoms. The number of amides is 2. The minimum atomic E-state index is -0.513. The highest BCUT2D eigenvalue weighted by molar-refractivity contribution is 6.46. The number of benzene rings is 3. The van der Waals surface area contributed by atoms with Crippen LogP contribution in [0.4, 0.5) is 15.8 Å². The van der Waals surface area contributed by atoms with Crippen LogP contribution < -0.4 is 9.80 Å². The molecule has 30 heavy (non-hydrogen) atoms. The van der Waals surface area contributed by atoms with Gasteiger partial charge in [-0.1, -0.05) is 48.0 Å². The van der Waals surface area contributed by atoms with Crippen LogP contribution >= 0.6 is 11.6 Å². The summed E-state index contributed by atoms with van der Waals surface area (Å²) in [7, 11) is 0. The Kier molecular flexibility index (Phi) is 4.40. The Morgan fingerprint density at radius 1 is 0.867 bits per heavy atom. The minimum Gasteiger partial charge on any atom is -0.336 e. The first-order valence-corrected chi connectivity index (χ1v) is 9.92. The van der Waals surface area contributed by atoms with Crippen LogP contribution in [0.5, 0.6) is 0 Å². The molecule has 6 heteroatoms. The smallest absolute Gasteiger partial charge is 0.282 e. The Morgan fingerprint density at radius 3 is 2.40 bits per heavy atom. The fourth-order valence-corrected chi connectivity index (χ4v) is 4.19. The standard InChI is InChI=1S/C24H16ClFN2O2/c25-17-10-8-16(9-11-17)21-22(27-13-12-15-4-1-2-7-20(15)27)24(30)28(23(21)29)19-6-3-5-18(26)14-19/h1-11,14H,12-13H2. The zero-order valence-corrected chi connectivity index (χ0v) is 16.6. The normalized spacial score (nSPS) is 15.9. The number of halogens is 2. The summed E-state index contributed by atoms with van der Waals surface area (Å²) in [5.41, 5.74) is 3.41. The van der Waals surface area contributed by atoms with Crippen molar-refractivity contribution in [3.63, 3.8) is 0 Å². The third-order valence-electron chi connectivity index (χ3n) is 5.42. The molecule has 3 aromatic carbocycles. The monoisotopic (exact) mass is 418 g/mol. The van der Waals surface area contributed by atoms with E-state index in [1.807, 2.05) is 29.2 Å². The van der Waals surface area contributed by atoms with Crippen molar-refractivity contribution in [3.05, 3.63) is 100 Å². The van der Waals surface area contributed by atoms with Gasteiger partial charge in [-0.05, 0) is 53.9 Å². The van der Waals surface area contributed by atoms with Crippen molar-refractivity contribution in [3.8, 4) is 0 Å². The summed E-state index contributed by atoms with van der Waals surface area (Å²) >= 11 is 6.03. The summed E-state index contributed by atoms with van der Waals surface area (Å²) in [5, 5.41) is 0.533. The zero-order valence-electron chi connectivity index (χ0n) is 15.8. The molecule has 0 aromatic heterocycles. The molecule has 0 bridgehead atoms. The molecular weight excluding hydrogens is 403 g/mol. The van der Waals surface area contributed by atoms with E-state index in [1.54, 1.807) is 30.3 Å². The van der Waals surface area contributed by atoms with Gasteiger partial charge in [0.2, 0.25) is 0 Å². The average Bonchev–Trinajstić information content (AvgIpc) is 3.27. The van der Waals surface area contributed by atoms with Crippen molar-refractivity contribution in [2.75, 3.05) is 16.3 Å². The maximum atomic E-state index is 13.8. The van der Waals surface area contributed by atoms with Gasteiger partial charge in [-0.15, -0.1) is 0 Å². The van der Waals surface area contributed by atoms with Gasteiger partial charge >= 0.3 is 0 Å². The summed E-state index contributed by atoms with van der Waals surface area (Å²) in [6, 6.07) is 20.1. The van der Waals surface area contributed by atoms with Crippen LogP contribution in [0.3, 0.4) is 0 Å². The number of nitrogens with zero attached hydrogens (tertiary/aromatic N) is 2. The van der Waals surface area contributed by atoms with E-state index in [2.05, 4.69) is 0 Å². The van der Waals surface area contributed by atoms with Gasteiger partial charge in [-0.3, -0.25) is 9.59 Å². The Labute approximate surface area is 177 Å². The van der Waals surface area contributed by atoms with E-state index in [1.165, 1.54) is 18.2 Å². The number of rotatable bonds is 3. The summed E-state index contributed by atoms with van der Waals surface area (Å²) in [4.78, 5) is 29.9. The van der Waals surface area contributed by atoms with Crippen LogP contribution in [0, 0.1) is 5.82 Å². The predicted molar refractivity (Wildman–Crippen MR) is 115 cm³/mol. The molecule has 148 valence electrons. The Hall–Kier alpha value is -3.44. The van der Waals surface area contributed by atoms with Gasteiger partial charge in [0.05, 0.1) is 11.3 Å². The van der Waals surface area contributed by atoms with E-state index >= 15 is 0 Å². The molecule has 4 nitrogen and oxygen atoms in total. The maximum Gasteiger partial charge on any atom is 0.282 e. The van der Waals surface area contributed by atoms with Crippen molar-refractivity contribution >= 4 is 40.4 Å². The highest BCUT2D eigenvalue weighted by atomic mass is 35.5. The largest absolute Gasteiger partial charge is 0.336 e. The number of carbonyl (C=O) groups is 2. The summed E-state index contributed by atoms with van der Waals surface area (Å²) < 4.78 is 13.8. The van der Waals surface area contributed by atoms with E-state index in [4.69, 9.17) is 11.6 Å². The molecule has 0 atom stereocenters. The van der Waals surface area contributed by atoms with Crippen LogP contribution in [-0.4, -0.2) is 18.4 Å². The van der Waals surface area contributed by atoms with E-state index in [0.29, 0.717) is 22.8 Å². The Balaban J connectivity index is 1.69. The fraction of sp³-hybridized carbons (Fsp3) is 0.0833. The van der Waals surface area contributed by atoms with Gasteiger partial charge in [0.15, 0.2) is 0 Å². The molecule has 0 fully saturated rings. The van der Waals surface area contributed by atoms with Crippen molar-refractivity contribution in [2.24, 2.45) is 0 Å². The van der Waals surface area contributed by atoms with Gasteiger partial charge in [-0.2, -0.15) is 0 Å². The van der Waals surface area contributed by atoms with Crippen LogP contribution in [0.25, 0.3) is 5.57 Å². The molecule has 0 radical (unpaired) electrons. The van der Waals surface area contributed by atoms with Crippen molar-refractivity contribution in [2.45, 2.75) is 6.42 Å².